The third-order valence-corrected chi connectivity index (χ3v) is 4.71. The van der Waals surface area contributed by atoms with Gasteiger partial charge >= 0.3 is 0 Å². The summed E-state index contributed by atoms with van der Waals surface area (Å²) in [5, 5.41) is 15.6. The smallest absolute Gasteiger partial charge is 0.251 e. The topological polar surface area (TPSA) is 84.9 Å². The second-order valence-corrected chi connectivity index (χ2v) is 6.74. The first kappa shape index (κ1) is 19.7. The number of nitrogens with zero attached hydrogens (tertiary/aromatic N) is 2. The molecule has 3 N–H and O–H groups in total. The Labute approximate surface area is 165 Å². The minimum atomic E-state index is -0.154. The molecule has 2 amide bonds. The van der Waals surface area contributed by atoms with Crippen LogP contribution in [-0.4, -0.2) is 61.1 Å². The van der Waals surface area contributed by atoms with E-state index >= 15 is 0 Å². The number of piperazine rings is 1. The Hall–Kier alpha value is -3.06. The maximum atomic E-state index is 12.4. The highest BCUT2D eigenvalue weighted by Crippen LogP contribution is 2.27. The molecular formula is C21H26N4O3. The number of aromatic hydroxyl groups is 1. The molecule has 0 atom stereocenters. The Morgan fingerprint density at radius 3 is 2.50 bits per heavy atom. The van der Waals surface area contributed by atoms with Crippen molar-refractivity contribution in [1.82, 2.24) is 10.2 Å². The van der Waals surface area contributed by atoms with E-state index in [0.717, 1.165) is 31.9 Å². The van der Waals surface area contributed by atoms with Gasteiger partial charge in [-0.15, -0.1) is 0 Å². The van der Waals surface area contributed by atoms with Crippen molar-refractivity contribution < 1.29 is 14.7 Å². The van der Waals surface area contributed by atoms with E-state index in [-0.39, 0.29) is 17.6 Å². The predicted molar refractivity (Wildman–Crippen MR) is 110 cm³/mol. The molecule has 1 fully saturated rings. The van der Waals surface area contributed by atoms with Crippen LogP contribution in [0.5, 0.6) is 5.75 Å². The first-order valence-electron chi connectivity index (χ1n) is 9.50. The molecule has 28 heavy (non-hydrogen) atoms. The molecule has 0 aromatic heterocycles. The molecule has 1 aliphatic rings. The van der Waals surface area contributed by atoms with Gasteiger partial charge in [0, 0.05) is 44.0 Å². The highest BCUT2D eigenvalue weighted by atomic mass is 16.3. The van der Waals surface area contributed by atoms with Crippen LogP contribution in [0.4, 0.5) is 11.4 Å². The van der Waals surface area contributed by atoms with Crippen LogP contribution in [0.1, 0.15) is 17.3 Å². The van der Waals surface area contributed by atoms with Gasteiger partial charge in [0.15, 0.2) is 0 Å². The molecule has 2 aromatic rings. The zero-order chi connectivity index (χ0) is 19.9. The number of phenolic OH excluding ortho intramolecular Hbond substituents is 1. The van der Waals surface area contributed by atoms with Crippen LogP contribution in [0.15, 0.2) is 48.5 Å². The zero-order valence-electron chi connectivity index (χ0n) is 16.0. The first-order valence-corrected chi connectivity index (χ1v) is 9.50. The summed E-state index contributed by atoms with van der Waals surface area (Å²) >= 11 is 0. The summed E-state index contributed by atoms with van der Waals surface area (Å²) in [6, 6.07) is 14.2. The van der Waals surface area contributed by atoms with Crippen molar-refractivity contribution in [2.24, 2.45) is 0 Å². The Morgan fingerprint density at radius 2 is 1.79 bits per heavy atom. The molecule has 7 nitrogen and oxygen atoms in total. The number of hydrogen-bond acceptors (Lipinski definition) is 5. The Morgan fingerprint density at radius 1 is 1.04 bits per heavy atom. The lowest BCUT2D eigenvalue weighted by Gasteiger charge is -2.35. The fraction of sp³-hybridized carbons (Fsp3) is 0.333. The number of nitrogens with one attached hydrogen (secondary N) is 2. The predicted octanol–water partition coefficient (Wildman–Crippen LogP) is 1.90. The fourth-order valence-electron chi connectivity index (χ4n) is 3.28. The van der Waals surface area contributed by atoms with Crippen molar-refractivity contribution in [2.45, 2.75) is 6.92 Å². The number of carbonyl (C=O) groups excluding carboxylic acids is 2. The summed E-state index contributed by atoms with van der Waals surface area (Å²) in [7, 11) is 0. The molecule has 2 aromatic carbocycles. The number of rotatable bonds is 6. The third-order valence-electron chi connectivity index (χ3n) is 4.71. The number of phenols is 1. The van der Waals surface area contributed by atoms with Gasteiger partial charge < -0.3 is 20.6 Å². The Balaban J connectivity index is 1.50. The van der Waals surface area contributed by atoms with Crippen molar-refractivity contribution in [1.29, 1.82) is 0 Å². The summed E-state index contributed by atoms with van der Waals surface area (Å²) in [5.74, 6) is 0.0172. The second kappa shape index (κ2) is 9.23. The summed E-state index contributed by atoms with van der Waals surface area (Å²) in [4.78, 5) is 28.5. The molecular weight excluding hydrogens is 356 g/mol. The monoisotopic (exact) mass is 382 g/mol. The molecule has 0 bridgehead atoms. The molecule has 0 spiro atoms. The molecule has 1 heterocycles. The van der Waals surface area contributed by atoms with Crippen LogP contribution in [0, 0.1) is 0 Å². The van der Waals surface area contributed by atoms with E-state index in [2.05, 4.69) is 20.4 Å². The highest BCUT2D eigenvalue weighted by molar-refractivity contribution is 5.97. The van der Waals surface area contributed by atoms with Gasteiger partial charge in [0.2, 0.25) is 5.91 Å². The van der Waals surface area contributed by atoms with Crippen LogP contribution in [0.2, 0.25) is 0 Å². The lowest BCUT2D eigenvalue weighted by molar-refractivity contribution is -0.117. The van der Waals surface area contributed by atoms with Crippen LogP contribution in [0.3, 0.4) is 0 Å². The molecule has 0 unspecified atom stereocenters. The largest absolute Gasteiger partial charge is 0.506 e. The number of hydrogen-bond donors (Lipinski definition) is 3. The van der Waals surface area contributed by atoms with Crippen molar-refractivity contribution in [3.05, 3.63) is 54.1 Å². The van der Waals surface area contributed by atoms with Gasteiger partial charge in [-0.2, -0.15) is 0 Å². The van der Waals surface area contributed by atoms with Gasteiger partial charge in [0.05, 0.1) is 12.2 Å². The molecule has 3 rings (SSSR count). The van der Waals surface area contributed by atoms with Crippen molar-refractivity contribution in [3.8, 4) is 5.75 Å². The average molecular weight is 382 g/mol. The number of benzene rings is 2. The Kier molecular flexibility index (Phi) is 6.49. The van der Waals surface area contributed by atoms with Crippen molar-refractivity contribution in [3.63, 3.8) is 0 Å². The number of para-hydroxylation sites is 2. The second-order valence-electron chi connectivity index (χ2n) is 6.74. The van der Waals surface area contributed by atoms with E-state index in [0.29, 0.717) is 24.3 Å². The summed E-state index contributed by atoms with van der Waals surface area (Å²) < 4.78 is 0. The number of amides is 2. The van der Waals surface area contributed by atoms with Crippen LogP contribution < -0.4 is 15.5 Å². The van der Waals surface area contributed by atoms with E-state index < -0.39 is 0 Å². The third kappa shape index (κ3) is 5.01. The quantitative estimate of drug-likeness (QED) is 0.711. The first-order chi connectivity index (χ1) is 13.6. The van der Waals surface area contributed by atoms with E-state index in [1.54, 1.807) is 36.4 Å². The van der Waals surface area contributed by atoms with E-state index in [1.807, 2.05) is 19.1 Å². The minimum Gasteiger partial charge on any atom is -0.506 e. The lowest BCUT2D eigenvalue weighted by Crippen LogP contribution is -2.48. The maximum absolute atomic E-state index is 12.4. The van der Waals surface area contributed by atoms with E-state index in [4.69, 9.17) is 0 Å². The van der Waals surface area contributed by atoms with Crippen LogP contribution in [-0.2, 0) is 4.79 Å². The van der Waals surface area contributed by atoms with Crippen LogP contribution >= 0.6 is 0 Å². The summed E-state index contributed by atoms with van der Waals surface area (Å²) in [6.45, 7) is 5.68. The van der Waals surface area contributed by atoms with Gasteiger partial charge in [-0.1, -0.05) is 18.2 Å². The van der Waals surface area contributed by atoms with E-state index in [1.165, 1.54) is 0 Å². The molecule has 148 valence electrons. The van der Waals surface area contributed by atoms with Crippen molar-refractivity contribution >= 4 is 23.2 Å². The van der Waals surface area contributed by atoms with Gasteiger partial charge in [-0.25, -0.2) is 0 Å². The van der Waals surface area contributed by atoms with E-state index in [9.17, 15) is 14.7 Å². The standard InChI is InChI=1S/C21H26N4O3/c1-2-22-21(28)16-6-5-7-17(14-16)23-20(27)15-24-10-12-25(13-11-24)18-8-3-4-9-19(18)26/h3-9,14,26H,2,10-13,15H2,1H3,(H,22,28)(H,23,27). The number of carbonyl (C=O) groups is 2. The van der Waals surface area contributed by atoms with Gasteiger partial charge in [0.1, 0.15) is 5.75 Å². The highest BCUT2D eigenvalue weighted by Gasteiger charge is 2.20. The molecule has 0 aliphatic carbocycles. The molecule has 1 saturated heterocycles. The van der Waals surface area contributed by atoms with Gasteiger partial charge in [-0.3, -0.25) is 14.5 Å². The molecule has 0 saturated carbocycles. The summed E-state index contributed by atoms with van der Waals surface area (Å²) in [6.07, 6.45) is 0. The lowest BCUT2D eigenvalue weighted by atomic mass is 10.2. The molecule has 1 aliphatic heterocycles. The van der Waals surface area contributed by atoms with Crippen molar-refractivity contribution in [2.75, 3.05) is 49.5 Å². The zero-order valence-corrected chi connectivity index (χ0v) is 16.0. The fourth-order valence-corrected chi connectivity index (χ4v) is 3.28. The van der Waals surface area contributed by atoms with Gasteiger partial charge in [0.25, 0.3) is 5.91 Å². The summed E-state index contributed by atoms with van der Waals surface area (Å²) in [5.41, 5.74) is 1.96. The Bertz CT molecular complexity index is 832. The van der Waals surface area contributed by atoms with Gasteiger partial charge in [-0.05, 0) is 37.3 Å². The SMILES string of the molecule is CCNC(=O)c1cccc(NC(=O)CN2CCN(c3ccccc3O)CC2)c1. The minimum absolute atomic E-state index is 0.107. The molecule has 7 heteroatoms. The average Bonchev–Trinajstić information content (AvgIpc) is 2.69. The van der Waals surface area contributed by atoms with Crippen LogP contribution in [0.25, 0.3) is 0 Å². The molecule has 0 radical (unpaired) electrons. The number of anilines is 2. The normalized spacial score (nSPS) is 14.5. The maximum Gasteiger partial charge on any atom is 0.251 e.